The van der Waals surface area contributed by atoms with E-state index in [2.05, 4.69) is 116 Å². The number of carboxylic acid groups (broad SMARTS) is 1. The maximum absolute atomic E-state index is 12.8. The van der Waals surface area contributed by atoms with E-state index in [4.69, 9.17) is 10.5 Å². The van der Waals surface area contributed by atoms with Crippen molar-refractivity contribution < 1.29 is 24.2 Å². The van der Waals surface area contributed by atoms with Crippen molar-refractivity contribution in [3.63, 3.8) is 0 Å². The molecular weight excluding hydrogens is 745 g/mol. The maximum atomic E-state index is 12.8. The molecular formula is C53H88N2O5. The first-order valence-corrected chi connectivity index (χ1v) is 24.1. The molecule has 0 heterocycles. The van der Waals surface area contributed by atoms with Crippen molar-refractivity contribution in [1.82, 2.24) is 5.32 Å². The number of carbonyl (C=O) groups is 3. The van der Waals surface area contributed by atoms with Crippen molar-refractivity contribution in [2.24, 2.45) is 5.73 Å². The summed E-state index contributed by atoms with van der Waals surface area (Å²) in [5.74, 6) is -1.35. The normalized spacial score (nSPS) is 13.5. The predicted molar refractivity (Wildman–Crippen MR) is 257 cm³/mol. The first-order chi connectivity index (χ1) is 29.4. The average molecular weight is 833 g/mol. The van der Waals surface area contributed by atoms with E-state index in [0.717, 1.165) is 116 Å². The molecule has 0 aromatic heterocycles. The van der Waals surface area contributed by atoms with E-state index >= 15 is 0 Å². The molecule has 0 radical (unpaired) electrons. The van der Waals surface area contributed by atoms with Crippen LogP contribution in [0.3, 0.4) is 0 Å². The number of unbranched alkanes of at least 4 members (excludes halogenated alkanes) is 12. The molecule has 0 rings (SSSR count). The largest absolute Gasteiger partial charge is 0.480 e. The van der Waals surface area contributed by atoms with Crippen molar-refractivity contribution in [2.75, 3.05) is 6.54 Å². The molecule has 0 saturated carbocycles. The monoisotopic (exact) mass is 833 g/mol. The van der Waals surface area contributed by atoms with E-state index in [9.17, 15) is 19.5 Å². The SMILES string of the molecule is CC/C=C\C/C=C\C/C=C\C/C=C\C/C=C\C/C=C\CCC(=O)OC(CCCCC/C=C\C/C=C\CCCCCCC)CCCCCCCC(=O)NC(CCCN)C(=O)O. The molecule has 0 bridgehead atoms. The van der Waals surface area contributed by atoms with Gasteiger partial charge in [-0.1, -0.05) is 162 Å². The van der Waals surface area contributed by atoms with Gasteiger partial charge in [0.2, 0.25) is 5.91 Å². The van der Waals surface area contributed by atoms with E-state index in [1.165, 1.54) is 38.5 Å². The van der Waals surface area contributed by atoms with Crippen LogP contribution < -0.4 is 11.1 Å². The molecule has 0 spiro atoms. The van der Waals surface area contributed by atoms with Gasteiger partial charge in [0.1, 0.15) is 12.1 Å². The van der Waals surface area contributed by atoms with Crippen LogP contribution in [0.4, 0.5) is 0 Å². The highest BCUT2D eigenvalue weighted by Crippen LogP contribution is 2.18. The topological polar surface area (TPSA) is 119 Å². The van der Waals surface area contributed by atoms with Crippen LogP contribution in [0.5, 0.6) is 0 Å². The molecule has 60 heavy (non-hydrogen) atoms. The molecule has 0 aliphatic carbocycles. The average Bonchev–Trinajstić information content (AvgIpc) is 3.23. The summed E-state index contributed by atoms with van der Waals surface area (Å²) in [6, 6.07) is -0.871. The molecule has 0 fully saturated rings. The van der Waals surface area contributed by atoms with Crippen LogP contribution >= 0.6 is 0 Å². The number of hydrogen-bond donors (Lipinski definition) is 3. The fraction of sp³-hybridized carbons (Fsp3) is 0.642. The fourth-order valence-electron chi connectivity index (χ4n) is 6.56. The lowest BCUT2D eigenvalue weighted by atomic mass is 10.0. The summed E-state index contributed by atoms with van der Waals surface area (Å²) in [5, 5.41) is 12.0. The number of amides is 1. The van der Waals surface area contributed by atoms with Crippen molar-refractivity contribution in [1.29, 1.82) is 0 Å². The Bertz CT molecular complexity index is 1260. The van der Waals surface area contributed by atoms with Crippen molar-refractivity contribution in [2.45, 2.75) is 212 Å². The number of allylic oxidation sites excluding steroid dienone is 16. The lowest BCUT2D eigenvalue weighted by molar-refractivity contribution is -0.149. The molecule has 4 N–H and O–H groups in total. The Morgan fingerprint density at radius 3 is 1.43 bits per heavy atom. The Balaban J connectivity index is 4.53. The molecule has 0 aromatic carbocycles. The van der Waals surface area contributed by atoms with Crippen LogP contribution in [0.25, 0.3) is 0 Å². The highest BCUT2D eigenvalue weighted by molar-refractivity contribution is 5.83. The van der Waals surface area contributed by atoms with Gasteiger partial charge in [-0.2, -0.15) is 0 Å². The van der Waals surface area contributed by atoms with E-state index in [1.807, 2.05) is 0 Å². The third kappa shape index (κ3) is 42.4. The molecule has 0 aromatic rings. The van der Waals surface area contributed by atoms with Gasteiger partial charge in [0.05, 0.1) is 0 Å². The zero-order chi connectivity index (χ0) is 43.8. The van der Waals surface area contributed by atoms with Crippen molar-refractivity contribution in [3.8, 4) is 0 Å². The van der Waals surface area contributed by atoms with Crippen LogP contribution in [0.15, 0.2) is 97.2 Å². The minimum absolute atomic E-state index is 0.0577. The minimum atomic E-state index is -1.01. The second-order valence-electron chi connectivity index (χ2n) is 15.8. The van der Waals surface area contributed by atoms with E-state index in [1.54, 1.807) is 0 Å². The van der Waals surface area contributed by atoms with Gasteiger partial charge in [0.25, 0.3) is 0 Å². The van der Waals surface area contributed by atoms with Crippen molar-refractivity contribution >= 4 is 17.8 Å². The number of carbonyl (C=O) groups excluding carboxylic acids is 2. The molecule has 7 heteroatoms. The number of nitrogens with two attached hydrogens (primary N) is 1. The van der Waals surface area contributed by atoms with E-state index in [-0.39, 0.29) is 18.0 Å². The molecule has 0 aliphatic rings. The summed E-state index contributed by atoms with van der Waals surface area (Å²) in [5.41, 5.74) is 5.49. The van der Waals surface area contributed by atoms with Gasteiger partial charge in [-0.05, 0) is 129 Å². The van der Waals surface area contributed by atoms with Crippen LogP contribution in [0, 0.1) is 0 Å². The number of esters is 1. The molecule has 0 saturated heterocycles. The molecule has 1 amide bonds. The zero-order valence-corrected chi connectivity index (χ0v) is 38.3. The number of rotatable bonds is 42. The second-order valence-corrected chi connectivity index (χ2v) is 15.8. The second kappa shape index (κ2) is 46.4. The Kier molecular flexibility index (Phi) is 43.5. The fourth-order valence-corrected chi connectivity index (χ4v) is 6.56. The minimum Gasteiger partial charge on any atom is -0.480 e. The number of nitrogens with one attached hydrogen (secondary N) is 1. The van der Waals surface area contributed by atoms with Gasteiger partial charge in [-0.25, -0.2) is 4.79 Å². The highest BCUT2D eigenvalue weighted by Gasteiger charge is 2.19. The number of aliphatic carboxylic acids is 1. The summed E-state index contributed by atoms with van der Waals surface area (Å²) in [4.78, 5) is 36.5. The Morgan fingerprint density at radius 2 is 0.933 bits per heavy atom. The smallest absolute Gasteiger partial charge is 0.326 e. The van der Waals surface area contributed by atoms with Crippen LogP contribution in [-0.2, 0) is 19.1 Å². The first kappa shape index (κ1) is 56.3. The van der Waals surface area contributed by atoms with Gasteiger partial charge >= 0.3 is 11.9 Å². The third-order valence-corrected chi connectivity index (χ3v) is 10.1. The maximum Gasteiger partial charge on any atom is 0.326 e. The summed E-state index contributed by atoms with van der Waals surface area (Å²) < 4.78 is 6.01. The van der Waals surface area contributed by atoms with Gasteiger partial charge in [-0.3, -0.25) is 9.59 Å². The molecule has 2 atom stereocenters. The van der Waals surface area contributed by atoms with Crippen LogP contribution in [0.1, 0.15) is 200 Å². The molecule has 7 nitrogen and oxygen atoms in total. The Labute approximate surface area is 367 Å². The van der Waals surface area contributed by atoms with Crippen molar-refractivity contribution in [3.05, 3.63) is 97.2 Å². The lowest BCUT2D eigenvalue weighted by Gasteiger charge is -2.18. The standard InChI is InChI=1S/C53H88N2O5/c1-3-5-7-9-11-13-15-17-19-20-21-22-24-26-28-30-32-37-41-47-52(57)60-49(43-38-34-31-29-27-25-23-18-16-14-12-10-8-6-4-2)44-39-35-33-36-40-46-51(56)55-50(53(58)59)45-42-48-54/h5,7,11,13,16-19,21-22,25-28,32,37,49-50H,3-4,6,8-10,12,14-15,20,23-24,29-31,33-36,38-48,54H2,1-2H3,(H,55,56)(H,58,59)/b7-5-,13-11-,18-16-,19-17-,22-21-,27-25-,28-26-,37-32-. The first-order valence-electron chi connectivity index (χ1n) is 24.1. The van der Waals surface area contributed by atoms with Gasteiger partial charge < -0.3 is 20.9 Å². The van der Waals surface area contributed by atoms with Gasteiger partial charge in [0, 0.05) is 12.8 Å². The predicted octanol–water partition coefficient (Wildman–Crippen LogP) is 14.2. The number of hydrogen-bond acceptors (Lipinski definition) is 5. The Morgan fingerprint density at radius 1 is 0.500 bits per heavy atom. The van der Waals surface area contributed by atoms with E-state index < -0.39 is 12.0 Å². The number of carboxylic acids is 1. The summed E-state index contributed by atoms with van der Waals surface area (Å²) in [7, 11) is 0. The lowest BCUT2D eigenvalue weighted by Crippen LogP contribution is -2.40. The zero-order valence-electron chi connectivity index (χ0n) is 38.3. The summed E-state index contributed by atoms with van der Waals surface area (Å²) in [6.45, 7) is 4.81. The quantitative estimate of drug-likeness (QED) is 0.0320. The highest BCUT2D eigenvalue weighted by atomic mass is 16.5. The molecule has 340 valence electrons. The molecule has 0 aliphatic heterocycles. The number of ether oxygens (including phenoxy) is 1. The third-order valence-electron chi connectivity index (χ3n) is 10.1. The summed E-state index contributed by atoms with van der Waals surface area (Å²) >= 11 is 0. The molecule has 2 unspecified atom stereocenters. The van der Waals surface area contributed by atoms with Gasteiger partial charge in [0.15, 0.2) is 0 Å². The van der Waals surface area contributed by atoms with Gasteiger partial charge in [-0.15, -0.1) is 0 Å². The van der Waals surface area contributed by atoms with Crippen LogP contribution in [-0.4, -0.2) is 41.6 Å². The van der Waals surface area contributed by atoms with E-state index in [0.29, 0.717) is 38.6 Å². The van der Waals surface area contributed by atoms with Crippen LogP contribution in [0.2, 0.25) is 0 Å². The summed E-state index contributed by atoms with van der Waals surface area (Å²) in [6.07, 6.45) is 63.1. The Hall–Kier alpha value is -3.71.